The van der Waals surface area contributed by atoms with E-state index >= 15 is 0 Å². The highest BCUT2D eigenvalue weighted by Gasteiger charge is 2.08. The van der Waals surface area contributed by atoms with Gasteiger partial charge >= 0.3 is 0 Å². The van der Waals surface area contributed by atoms with E-state index in [1.807, 2.05) is 35.7 Å². The largest absolute Gasteiger partial charge is 0.346 e. The highest BCUT2D eigenvalue weighted by molar-refractivity contribution is 9.10. The molecular weight excluding hydrogens is 362 g/mol. The van der Waals surface area contributed by atoms with E-state index in [4.69, 9.17) is 0 Å². The molecule has 0 aliphatic rings. The van der Waals surface area contributed by atoms with Crippen molar-refractivity contribution in [1.29, 1.82) is 0 Å². The lowest BCUT2D eigenvalue weighted by molar-refractivity contribution is 0.0950. The second kappa shape index (κ2) is 6.81. The number of carbonyl (C=O) groups is 1. The van der Waals surface area contributed by atoms with Gasteiger partial charge in [0.2, 0.25) is 0 Å². The molecule has 0 saturated heterocycles. The van der Waals surface area contributed by atoms with E-state index in [2.05, 4.69) is 31.2 Å². The molecule has 0 radical (unpaired) electrons. The zero-order chi connectivity index (χ0) is 15.4. The monoisotopic (exact) mass is 373 g/mol. The molecule has 0 spiro atoms. The van der Waals surface area contributed by atoms with Crippen LogP contribution in [0.15, 0.2) is 58.5 Å². The Morgan fingerprint density at radius 3 is 2.91 bits per heavy atom. The van der Waals surface area contributed by atoms with Crippen molar-refractivity contribution in [2.45, 2.75) is 6.54 Å². The Kier molecular flexibility index (Phi) is 4.60. The van der Waals surface area contributed by atoms with E-state index in [0.717, 1.165) is 20.9 Å². The molecule has 3 aromatic rings. The van der Waals surface area contributed by atoms with Crippen molar-refractivity contribution in [3.63, 3.8) is 0 Å². The van der Waals surface area contributed by atoms with Gasteiger partial charge in [0.1, 0.15) is 5.01 Å². The normalized spacial score (nSPS) is 10.4. The minimum atomic E-state index is -0.117. The standard InChI is InChI=1S/C16H12BrN3OS/c17-12-5-3-4-11(8-12)15(21)19-9-13-10-22-16(20-13)14-6-1-2-7-18-14/h1-8,10H,9H2,(H,19,21). The van der Waals surface area contributed by atoms with Crippen LogP contribution in [0, 0.1) is 0 Å². The number of halogens is 1. The fraction of sp³-hybridized carbons (Fsp3) is 0.0625. The quantitative estimate of drug-likeness (QED) is 0.754. The number of rotatable bonds is 4. The van der Waals surface area contributed by atoms with Crippen LogP contribution in [-0.2, 0) is 6.54 Å². The second-order valence-corrected chi connectivity index (χ2v) is 6.33. The van der Waals surface area contributed by atoms with E-state index in [1.165, 1.54) is 11.3 Å². The summed E-state index contributed by atoms with van der Waals surface area (Å²) in [5, 5.41) is 5.66. The Balaban J connectivity index is 1.65. The average Bonchev–Trinajstić information content (AvgIpc) is 3.02. The number of carbonyl (C=O) groups excluding carboxylic acids is 1. The van der Waals surface area contributed by atoms with Crippen molar-refractivity contribution in [2.75, 3.05) is 0 Å². The van der Waals surface area contributed by atoms with Crippen LogP contribution in [0.5, 0.6) is 0 Å². The van der Waals surface area contributed by atoms with E-state index in [0.29, 0.717) is 12.1 Å². The number of benzene rings is 1. The van der Waals surface area contributed by atoms with E-state index < -0.39 is 0 Å². The summed E-state index contributed by atoms with van der Waals surface area (Å²) in [5.74, 6) is -0.117. The number of thiazole rings is 1. The van der Waals surface area contributed by atoms with Crippen molar-refractivity contribution in [3.8, 4) is 10.7 Å². The van der Waals surface area contributed by atoms with Gasteiger partial charge in [-0.25, -0.2) is 4.98 Å². The lowest BCUT2D eigenvalue weighted by atomic mass is 10.2. The molecule has 22 heavy (non-hydrogen) atoms. The molecule has 3 rings (SSSR count). The molecule has 0 bridgehead atoms. The molecule has 0 unspecified atom stereocenters. The summed E-state index contributed by atoms with van der Waals surface area (Å²) >= 11 is 4.88. The molecule has 2 aromatic heterocycles. The number of aromatic nitrogens is 2. The van der Waals surface area contributed by atoms with Gasteiger partial charge in [0.15, 0.2) is 0 Å². The highest BCUT2D eigenvalue weighted by Crippen LogP contribution is 2.21. The lowest BCUT2D eigenvalue weighted by Gasteiger charge is -2.03. The van der Waals surface area contributed by atoms with Crippen LogP contribution >= 0.6 is 27.3 Å². The summed E-state index contributed by atoms with van der Waals surface area (Å²) in [6.45, 7) is 0.398. The van der Waals surface area contributed by atoms with E-state index in [-0.39, 0.29) is 5.91 Å². The van der Waals surface area contributed by atoms with E-state index in [9.17, 15) is 4.79 Å². The van der Waals surface area contributed by atoms with Gasteiger partial charge < -0.3 is 5.32 Å². The summed E-state index contributed by atoms with van der Waals surface area (Å²) in [6, 6.07) is 13.0. The molecule has 1 amide bonds. The van der Waals surface area contributed by atoms with Gasteiger partial charge in [-0.3, -0.25) is 9.78 Å². The number of pyridine rings is 1. The molecule has 0 aliphatic heterocycles. The van der Waals surface area contributed by atoms with Gasteiger partial charge in [0, 0.05) is 21.6 Å². The van der Waals surface area contributed by atoms with Crippen LogP contribution in [0.25, 0.3) is 10.7 Å². The van der Waals surface area contributed by atoms with Gasteiger partial charge in [-0.15, -0.1) is 11.3 Å². The van der Waals surface area contributed by atoms with Crippen LogP contribution < -0.4 is 5.32 Å². The highest BCUT2D eigenvalue weighted by atomic mass is 79.9. The molecule has 110 valence electrons. The molecule has 0 aliphatic carbocycles. The number of hydrogen-bond acceptors (Lipinski definition) is 4. The Morgan fingerprint density at radius 1 is 1.23 bits per heavy atom. The maximum Gasteiger partial charge on any atom is 0.251 e. The van der Waals surface area contributed by atoms with Crippen molar-refractivity contribution in [3.05, 3.63) is 69.8 Å². The summed E-state index contributed by atoms with van der Waals surface area (Å²) in [7, 11) is 0. The minimum absolute atomic E-state index is 0.117. The Bertz CT molecular complexity index is 789. The van der Waals surface area contributed by atoms with E-state index in [1.54, 1.807) is 18.3 Å². The van der Waals surface area contributed by atoms with Crippen LogP contribution in [-0.4, -0.2) is 15.9 Å². The topological polar surface area (TPSA) is 54.9 Å². The number of nitrogens with one attached hydrogen (secondary N) is 1. The van der Waals surface area contributed by atoms with Crippen LogP contribution in [0.3, 0.4) is 0 Å². The molecule has 1 aromatic carbocycles. The maximum absolute atomic E-state index is 12.1. The van der Waals surface area contributed by atoms with Crippen molar-refractivity contribution in [2.24, 2.45) is 0 Å². The number of amides is 1. The van der Waals surface area contributed by atoms with Crippen molar-refractivity contribution in [1.82, 2.24) is 15.3 Å². The predicted octanol–water partition coefficient (Wildman–Crippen LogP) is 3.90. The molecule has 4 nitrogen and oxygen atoms in total. The van der Waals surface area contributed by atoms with Crippen molar-refractivity contribution < 1.29 is 4.79 Å². The van der Waals surface area contributed by atoms with Crippen LogP contribution in [0.2, 0.25) is 0 Å². The van der Waals surface area contributed by atoms with Crippen molar-refractivity contribution >= 4 is 33.2 Å². The van der Waals surface area contributed by atoms with Gasteiger partial charge in [-0.1, -0.05) is 28.1 Å². The van der Waals surface area contributed by atoms with Gasteiger partial charge in [0.25, 0.3) is 5.91 Å². The lowest BCUT2D eigenvalue weighted by Crippen LogP contribution is -2.22. The third kappa shape index (κ3) is 3.58. The molecular formula is C16H12BrN3OS. The second-order valence-electron chi connectivity index (χ2n) is 4.55. The zero-order valence-corrected chi connectivity index (χ0v) is 13.9. The first-order chi connectivity index (χ1) is 10.7. The summed E-state index contributed by atoms with van der Waals surface area (Å²) < 4.78 is 0.881. The van der Waals surface area contributed by atoms with Crippen LogP contribution in [0.4, 0.5) is 0 Å². The third-order valence-corrected chi connectivity index (χ3v) is 4.36. The Labute approximate surface area is 140 Å². The van der Waals surface area contributed by atoms with Gasteiger partial charge in [-0.2, -0.15) is 0 Å². The Hall–Kier alpha value is -2.05. The number of hydrogen-bond donors (Lipinski definition) is 1. The SMILES string of the molecule is O=C(NCc1csc(-c2ccccn2)n1)c1cccc(Br)c1. The smallest absolute Gasteiger partial charge is 0.251 e. The molecule has 1 N–H and O–H groups in total. The first-order valence-corrected chi connectivity index (χ1v) is 8.29. The maximum atomic E-state index is 12.1. The molecule has 2 heterocycles. The summed E-state index contributed by atoms with van der Waals surface area (Å²) in [4.78, 5) is 20.8. The summed E-state index contributed by atoms with van der Waals surface area (Å²) in [5.41, 5.74) is 2.29. The average molecular weight is 374 g/mol. The zero-order valence-electron chi connectivity index (χ0n) is 11.5. The predicted molar refractivity (Wildman–Crippen MR) is 90.7 cm³/mol. The first-order valence-electron chi connectivity index (χ1n) is 6.62. The fourth-order valence-electron chi connectivity index (χ4n) is 1.90. The molecule has 6 heteroatoms. The van der Waals surface area contributed by atoms with Gasteiger partial charge in [-0.05, 0) is 30.3 Å². The third-order valence-electron chi connectivity index (χ3n) is 2.95. The first kappa shape index (κ1) is 14.9. The minimum Gasteiger partial charge on any atom is -0.346 e. The molecule has 0 saturated carbocycles. The Morgan fingerprint density at radius 2 is 2.14 bits per heavy atom. The fourth-order valence-corrected chi connectivity index (χ4v) is 3.09. The number of nitrogens with zero attached hydrogens (tertiary/aromatic N) is 2. The van der Waals surface area contributed by atoms with Gasteiger partial charge in [0.05, 0.1) is 17.9 Å². The molecule has 0 fully saturated rings. The van der Waals surface area contributed by atoms with Crippen LogP contribution in [0.1, 0.15) is 16.1 Å². The molecule has 0 atom stereocenters. The summed E-state index contributed by atoms with van der Waals surface area (Å²) in [6.07, 6.45) is 1.74.